The Hall–Kier alpha value is -2.62. The molecule has 1 aliphatic heterocycles. The number of aryl methyl sites for hydroxylation is 1. The van der Waals surface area contributed by atoms with Gasteiger partial charge in [-0.25, -0.2) is 4.98 Å². The maximum absolute atomic E-state index is 12.5. The van der Waals surface area contributed by atoms with Gasteiger partial charge >= 0.3 is 0 Å². The minimum absolute atomic E-state index is 0.0603. The Morgan fingerprint density at radius 3 is 2.83 bits per heavy atom. The molecule has 10 heteroatoms. The van der Waals surface area contributed by atoms with Crippen molar-refractivity contribution >= 4 is 50.8 Å². The minimum Gasteiger partial charge on any atom is -0.378 e. The largest absolute Gasteiger partial charge is 0.378 e. The van der Waals surface area contributed by atoms with Crippen molar-refractivity contribution in [3.05, 3.63) is 46.1 Å². The number of fused-ring (bicyclic) bond motifs is 1. The lowest BCUT2D eigenvalue weighted by Crippen LogP contribution is -2.43. The van der Waals surface area contributed by atoms with E-state index in [1.54, 1.807) is 23.6 Å². The summed E-state index contributed by atoms with van der Waals surface area (Å²) in [5.74, 6) is -0.723. The van der Waals surface area contributed by atoms with Crippen LogP contribution in [0.15, 0.2) is 30.5 Å². The molecule has 0 spiro atoms. The van der Waals surface area contributed by atoms with Crippen LogP contribution in [-0.4, -0.2) is 47.7 Å². The second kappa shape index (κ2) is 8.40. The Bertz CT molecular complexity index is 1060. The minimum atomic E-state index is -0.381. The molecule has 29 heavy (non-hydrogen) atoms. The van der Waals surface area contributed by atoms with E-state index < -0.39 is 0 Å². The number of ether oxygens (including phenoxy) is 1. The van der Waals surface area contributed by atoms with Crippen molar-refractivity contribution in [3.63, 3.8) is 0 Å². The van der Waals surface area contributed by atoms with Gasteiger partial charge in [-0.05, 0) is 30.5 Å². The summed E-state index contributed by atoms with van der Waals surface area (Å²) >= 11 is 7.35. The fourth-order valence-electron chi connectivity index (χ4n) is 3.16. The number of hydrogen-bond donors (Lipinski definition) is 2. The Morgan fingerprint density at radius 2 is 2.03 bits per heavy atom. The zero-order valence-corrected chi connectivity index (χ0v) is 17.3. The summed E-state index contributed by atoms with van der Waals surface area (Å²) in [4.78, 5) is 31.9. The molecular formula is C19H20ClN5O3S. The molecule has 1 saturated heterocycles. The highest BCUT2D eigenvalue weighted by atomic mass is 35.5. The number of hydrazine groups is 1. The number of nitrogens with one attached hydrogen (secondary N) is 2. The van der Waals surface area contributed by atoms with Crippen molar-refractivity contribution < 1.29 is 14.3 Å². The third kappa shape index (κ3) is 4.36. The van der Waals surface area contributed by atoms with Crippen LogP contribution in [0.4, 0.5) is 5.13 Å². The van der Waals surface area contributed by atoms with Crippen molar-refractivity contribution in [1.82, 2.24) is 20.4 Å². The summed E-state index contributed by atoms with van der Waals surface area (Å²) in [5, 5.41) is 2.38. The number of carbonyl (C=O) groups is 2. The first-order valence-corrected chi connectivity index (χ1v) is 10.3. The molecular weight excluding hydrogens is 414 g/mol. The van der Waals surface area contributed by atoms with E-state index in [0.717, 1.165) is 29.1 Å². The molecule has 0 unspecified atom stereocenters. The van der Waals surface area contributed by atoms with E-state index in [0.29, 0.717) is 28.8 Å². The van der Waals surface area contributed by atoms with Gasteiger partial charge in [0, 0.05) is 29.8 Å². The van der Waals surface area contributed by atoms with Gasteiger partial charge in [-0.3, -0.25) is 20.4 Å². The standard InChI is InChI=1S/C19H20ClN5O3S/c1-12-17(29-19(21-12)24-6-8-28-9-7-24)18(27)23-22-16(26)11-25-5-4-13-2-3-14(20)10-15(13)25/h2-5,10H,6-9,11H2,1H3,(H,22,26)(H,23,27). The lowest BCUT2D eigenvalue weighted by Gasteiger charge is -2.25. The average molecular weight is 434 g/mol. The quantitative estimate of drug-likeness (QED) is 0.616. The van der Waals surface area contributed by atoms with E-state index in [4.69, 9.17) is 16.3 Å². The fourth-order valence-corrected chi connectivity index (χ4v) is 4.34. The number of nitrogens with zero attached hydrogens (tertiary/aromatic N) is 3. The van der Waals surface area contributed by atoms with Crippen LogP contribution in [0.5, 0.6) is 0 Å². The van der Waals surface area contributed by atoms with Gasteiger partial charge in [0.15, 0.2) is 5.13 Å². The van der Waals surface area contributed by atoms with E-state index in [1.165, 1.54) is 11.3 Å². The van der Waals surface area contributed by atoms with Gasteiger partial charge in [-0.2, -0.15) is 0 Å². The lowest BCUT2D eigenvalue weighted by molar-refractivity contribution is -0.122. The monoisotopic (exact) mass is 433 g/mol. The second-order valence-electron chi connectivity index (χ2n) is 6.66. The molecule has 3 aromatic rings. The summed E-state index contributed by atoms with van der Waals surface area (Å²) in [6.45, 7) is 4.64. The normalized spacial score (nSPS) is 14.2. The molecule has 2 amide bonds. The number of rotatable bonds is 4. The van der Waals surface area contributed by atoms with Crippen molar-refractivity contribution in [3.8, 4) is 0 Å². The third-order valence-electron chi connectivity index (χ3n) is 4.64. The number of aromatic nitrogens is 2. The number of hydrogen-bond acceptors (Lipinski definition) is 6. The molecule has 0 saturated carbocycles. The molecule has 0 radical (unpaired) electrons. The van der Waals surface area contributed by atoms with Crippen molar-refractivity contribution in [2.45, 2.75) is 13.5 Å². The maximum atomic E-state index is 12.5. The highest BCUT2D eigenvalue weighted by Gasteiger charge is 2.20. The zero-order valence-electron chi connectivity index (χ0n) is 15.8. The molecule has 0 bridgehead atoms. The van der Waals surface area contributed by atoms with Gasteiger partial charge in [0.2, 0.25) is 0 Å². The first-order chi connectivity index (χ1) is 14.0. The van der Waals surface area contributed by atoms with Crippen LogP contribution in [0, 0.1) is 6.92 Å². The van der Waals surface area contributed by atoms with Crippen LogP contribution in [0.1, 0.15) is 15.4 Å². The van der Waals surface area contributed by atoms with Gasteiger partial charge in [-0.15, -0.1) is 0 Å². The number of benzene rings is 1. The van der Waals surface area contributed by atoms with Crippen molar-refractivity contribution in [2.75, 3.05) is 31.2 Å². The van der Waals surface area contributed by atoms with Gasteiger partial charge < -0.3 is 14.2 Å². The number of anilines is 1. The van der Waals surface area contributed by atoms with Crippen LogP contribution in [0.3, 0.4) is 0 Å². The summed E-state index contributed by atoms with van der Waals surface area (Å²) in [5.41, 5.74) is 6.43. The summed E-state index contributed by atoms with van der Waals surface area (Å²) in [7, 11) is 0. The third-order valence-corrected chi connectivity index (χ3v) is 6.09. The van der Waals surface area contributed by atoms with Crippen LogP contribution in [0.25, 0.3) is 10.9 Å². The van der Waals surface area contributed by atoms with E-state index in [9.17, 15) is 9.59 Å². The summed E-state index contributed by atoms with van der Waals surface area (Å²) in [6.07, 6.45) is 1.81. The molecule has 2 N–H and O–H groups in total. The number of carbonyl (C=O) groups excluding carboxylic acids is 2. The number of amides is 2. The van der Waals surface area contributed by atoms with Gasteiger partial charge in [0.05, 0.1) is 18.9 Å². The highest BCUT2D eigenvalue weighted by molar-refractivity contribution is 7.17. The Morgan fingerprint density at radius 1 is 1.24 bits per heavy atom. The van der Waals surface area contributed by atoms with Gasteiger partial charge in [0.25, 0.3) is 11.8 Å². The molecule has 1 aliphatic rings. The molecule has 0 atom stereocenters. The summed E-state index contributed by atoms with van der Waals surface area (Å²) in [6, 6.07) is 7.41. The molecule has 4 rings (SSSR count). The number of halogens is 1. The molecule has 8 nitrogen and oxygen atoms in total. The maximum Gasteiger partial charge on any atom is 0.281 e. The van der Waals surface area contributed by atoms with Crippen molar-refractivity contribution in [1.29, 1.82) is 0 Å². The van der Waals surface area contributed by atoms with Crippen LogP contribution in [0.2, 0.25) is 5.02 Å². The zero-order chi connectivity index (χ0) is 20.4. The topological polar surface area (TPSA) is 88.5 Å². The first kappa shape index (κ1) is 19.7. The highest BCUT2D eigenvalue weighted by Crippen LogP contribution is 2.26. The molecule has 1 aromatic carbocycles. The van der Waals surface area contributed by atoms with Crippen molar-refractivity contribution in [2.24, 2.45) is 0 Å². The summed E-state index contributed by atoms with van der Waals surface area (Å²) < 4.78 is 7.12. The van der Waals surface area contributed by atoms with Crippen LogP contribution < -0.4 is 15.8 Å². The van der Waals surface area contributed by atoms with Gasteiger partial charge in [0.1, 0.15) is 11.4 Å². The molecule has 1 fully saturated rings. The van der Waals surface area contributed by atoms with E-state index in [-0.39, 0.29) is 18.4 Å². The van der Waals surface area contributed by atoms with Crippen LogP contribution >= 0.6 is 22.9 Å². The van der Waals surface area contributed by atoms with Crippen LogP contribution in [-0.2, 0) is 16.1 Å². The number of morpholine rings is 1. The molecule has 2 aromatic heterocycles. The molecule has 0 aliphatic carbocycles. The van der Waals surface area contributed by atoms with E-state index in [2.05, 4.69) is 20.7 Å². The van der Waals surface area contributed by atoms with E-state index >= 15 is 0 Å². The Kier molecular flexibility index (Phi) is 5.70. The smallest absolute Gasteiger partial charge is 0.281 e. The Labute approximate surface area is 176 Å². The predicted octanol–water partition coefficient (Wildman–Crippen LogP) is 2.36. The SMILES string of the molecule is Cc1nc(N2CCOCC2)sc1C(=O)NNC(=O)Cn1ccc2ccc(Cl)cc21. The van der Waals surface area contributed by atoms with Gasteiger partial charge in [-0.1, -0.05) is 29.0 Å². The molecule has 152 valence electrons. The lowest BCUT2D eigenvalue weighted by atomic mass is 10.2. The average Bonchev–Trinajstić information content (AvgIpc) is 3.30. The first-order valence-electron chi connectivity index (χ1n) is 9.15. The predicted molar refractivity (Wildman–Crippen MR) is 112 cm³/mol. The fraction of sp³-hybridized carbons (Fsp3) is 0.316. The van der Waals surface area contributed by atoms with E-state index in [1.807, 2.05) is 18.3 Å². The number of thiazole rings is 1. The second-order valence-corrected chi connectivity index (χ2v) is 8.07. The molecule has 3 heterocycles. The Balaban J connectivity index is 1.37.